The fourth-order valence-corrected chi connectivity index (χ4v) is 1.86. The van der Waals surface area contributed by atoms with Crippen molar-refractivity contribution in [1.82, 2.24) is 5.43 Å². The van der Waals surface area contributed by atoms with E-state index in [9.17, 15) is 4.79 Å². The van der Waals surface area contributed by atoms with Crippen LogP contribution >= 0.6 is 0 Å². The molecule has 1 heterocycles. The summed E-state index contributed by atoms with van der Waals surface area (Å²) in [4.78, 5) is 11.2. The van der Waals surface area contributed by atoms with E-state index in [2.05, 4.69) is 5.43 Å². The first-order valence-corrected chi connectivity index (χ1v) is 5.95. The Morgan fingerprint density at radius 2 is 2.41 bits per heavy atom. The molecular formula is C12H18N2O3. The smallest absolute Gasteiger partial charge is 0.268 e. The van der Waals surface area contributed by atoms with Gasteiger partial charge in [0.15, 0.2) is 0 Å². The number of hydrazine groups is 1. The molecule has 94 valence electrons. The van der Waals surface area contributed by atoms with E-state index in [0.29, 0.717) is 17.9 Å². The van der Waals surface area contributed by atoms with E-state index in [4.69, 9.17) is 15.0 Å². The monoisotopic (exact) mass is 238 g/mol. The SMILES string of the molecule is NNC(=O)c1coc(COCCC2CCC2)c1. The first-order chi connectivity index (χ1) is 8.29. The zero-order valence-electron chi connectivity index (χ0n) is 9.78. The summed E-state index contributed by atoms with van der Waals surface area (Å²) in [6.07, 6.45) is 6.54. The van der Waals surface area contributed by atoms with Crippen LogP contribution in [0.4, 0.5) is 0 Å². The van der Waals surface area contributed by atoms with Crippen LogP contribution in [0.3, 0.4) is 0 Å². The average molecular weight is 238 g/mol. The number of nitrogen functional groups attached to an aromatic ring is 1. The summed E-state index contributed by atoms with van der Waals surface area (Å²) in [5.41, 5.74) is 2.47. The maximum absolute atomic E-state index is 11.2. The molecule has 1 saturated carbocycles. The summed E-state index contributed by atoms with van der Waals surface area (Å²) in [6.45, 7) is 1.16. The molecule has 17 heavy (non-hydrogen) atoms. The molecule has 0 radical (unpaired) electrons. The third kappa shape index (κ3) is 3.31. The number of nitrogens with two attached hydrogens (primary N) is 1. The van der Waals surface area contributed by atoms with Gasteiger partial charge in [0.1, 0.15) is 18.6 Å². The zero-order chi connectivity index (χ0) is 12.1. The summed E-state index contributed by atoms with van der Waals surface area (Å²) >= 11 is 0. The van der Waals surface area contributed by atoms with Gasteiger partial charge in [-0.2, -0.15) is 0 Å². The third-order valence-corrected chi connectivity index (χ3v) is 3.19. The second kappa shape index (κ2) is 5.84. The van der Waals surface area contributed by atoms with Gasteiger partial charge in [0.25, 0.3) is 5.91 Å². The van der Waals surface area contributed by atoms with Crippen molar-refractivity contribution in [3.8, 4) is 0 Å². The molecule has 1 aromatic rings. The lowest BCUT2D eigenvalue weighted by molar-refractivity contribution is 0.0836. The predicted octanol–water partition coefficient (Wildman–Crippen LogP) is 1.59. The van der Waals surface area contributed by atoms with Gasteiger partial charge in [-0.05, 0) is 18.4 Å². The molecule has 0 aromatic carbocycles. The van der Waals surface area contributed by atoms with Crippen LogP contribution in [-0.4, -0.2) is 12.5 Å². The van der Waals surface area contributed by atoms with Crippen LogP contribution in [0.25, 0.3) is 0 Å². The highest BCUT2D eigenvalue weighted by Gasteiger charge is 2.16. The van der Waals surface area contributed by atoms with Crippen molar-refractivity contribution in [3.05, 3.63) is 23.7 Å². The maximum atomic E-state index is 11.2. The molecule has 0 atom stereocenters. The summed E-state index contributed by atoms with van der Waals surface area (Å²) in [5.74, 6) is 6.17. The first kappa shape index (κ1) is 12.1. The number of hydrogen-bond donors (Lipinski definition) is 2. The minimum Gasteiger partial charge on any atom is -0.466 e. The van der Waals surface area contributed by atoms with Crippen LogP contribution in [0.5, 0.6) is 0 Å². The van der Waals surface area contributed by atoms with Crippen LogP contribution in [-0.2, 0) is 11.3 Å². The van der Waals surface area contributed by atoms with Gasteiger partial charge < -0.3 is 9.15 Å². The van der Waals surface area contributed by atoms with E-state index in [1.165, 1.54) is 25.5 Å². The number of carbonyl (C=O) groups excluding carboxylic acids is 1. The molecular weight excluding hydrogens is 220 g/mol. The minimum atomic E-state index is -0.352. The molecule has 5 heteroatoms. The Hall–Kier alpha value is -1.33. The quantitative estimate of drug-likeness (QED) is 0.341. The van der Waals surface area contributed by atoms with Crippen molar-refractivity contribution in [2.45, 2.75) is 32.3 Å². The number of hydrogen-bond acceptors (Lipinski definition) is 4. The number of nitrogens with one attached hydrogen (secondary N) is 1. The van der Waals surface area contributed by atoms with E-state index < -0.39 is 0 Å². The number of rotatable bonds is 6. The molecule has 1 aliphatic carbocycles. The number of carbonyl (C=O) groups is 1. The Balaban J connectivity index is 1.67. The van der Waals surface area contributed by atoms with Crippen LogP contribution in [0.15, 0.2) is 16.7 Å². The van der Waals surface area contributed by atoms with E-state index >= 15 is 0 Å². The third-order valence-electron chi connectivity index (χ3n) is 3.19. The summed E-state index contributed by atoms with van der Waals surface area (Å²) in [7, 11) is 0. The lowest BCUT2D eigenvalue weighted by Crippen LogP contribution is -2.29. The van der Waals surface area contributed by atoms with Crippen LogP contribution in [0, 0.1) is 5.92 Å². The van der Waals surface area contributed by atoms with Crippen molar-refractivity contribution in [1.29, 1.82) is 0 Å². The molecule has 0 saturated heterocycles. The second-order valence-electron chi connectivity index (χ2n) is 4.41. The minimum absolute atomic E-state index is 0.352. The summed E-state index contributed by atoms with van der Waals surface area (Å²) in [6, 6.07) is 1.64. The largest absolute Gasteiger partial charge is 0.466 e. The van der Waals surface area contributed by atoms with E-state index in [1.54, 1.807) is 6.07 Å². The van der Waals surface area contributed by atoms with Gasteiger partial charge in [-0.15, -0.1) is 0 Å². The van der Waals surface area contributed by atoms with Crippen LogP contribution < -0.4 is 11.3 Å². The standard InChI is InChI=1S/C12H18N2O3/c13-14-12(15)10-6-11(17-7-10)8-16-5-4-9-2-1-3-9/h6-7,9H,1-5,8,13H2,(H,14,15). The highest BCUT2D eigenvalue weighted by atomic mass is 16.5. The van der Waals surface area contributed by atoms with Gasteiger partial charge in [-0.3, -0.25) is 10.2 Å². The summed E-state index contributed by atoms with van der Waals surface area (Å²) < 4.78 is 10.7. The lowest BCUT2D eigenvalue weighted by atomic mass is 9.83. The van der Waals surface area contributed by atoms with Gasteiger partial charge >= 0.3 is 0 Å². The molecule has 0 aliphatic heterocycles. The second-order valence-corrected chi connectivity index (χ2v) is 4.41. The number of ether oxygens (including phenoxy) is 1. The molecule has 1 amide bonds. The van der Waals surface area contributed by atoms with Crippen LogP contribution in [0.1, 0.15) is 41.8 Å². The highest BCUT2D eigenvalue weighted by Crippen LogP contribution is 2.29. The Morgan fingerprint density at radius 3 is 3.06 bits per heavy atom. The molecule has 3 N–H and O–H groups in total. The van der Waals surface area contributed by atoms with Crippen molar-refractivity contribution in [2.24, 2.45) is 11.8 Å². The predicted molar refractivity (Wildman–Crippen MR) is 62.0 cm³/mol. The van der Waals surface area contributed by atoms with Crippen molar-refractivity contribution < 1.29 is 13.9 Å². The molecule has 1 aliphatic rings. The highest BCUT2D eigenvalue weighted by molar-refractivity contribution is 5.93. The summed E-state index contributed by atoms with van der Waals surface area (Å²) in [5, 5.41) is 0. The normalized spacial score (nSPS) is 15.6. The topological polar surface area (TPSA) is 77.5 Å². The van der Waals surface area contributed by atoms with Gasteiger partial charge in [0.2, 0.25) is 0 Å². The van der Waals surface area contributed by atoms with Crippen molar-refractivity contribution >= 4 is 5.91 Å². The van der Waals surface area contributed by atoms with Crippen molar-refractivity contribution in [2.75, 3.05) is 6.61 Å². The van der Waals surface area contributed by atoms with Gasteiger partial charge in [0, 0.05) is 6.61 Å². The van der Waals surface area contributed by atoms with E-state index in [1.807, 2.05) is 0 Å². The molecule has 1 aromatic heterocycles. The molecule has 0 unspecified atom stereocenters. The van der Waals surface area contributed by atoms with Gasteiger partial charge in [-0.1, -0.05) is 19.3 Å². The Bertz CT molecular complexity index is 372. The maximum Gasteiger partial charge on any atom is 0.268 e. The average Bonchev–Trinajstić information content (AvgIpc) is 2.74. The fourth-order valence-electron chi connectivity index (χ4n) is 1.86. The van der Waals surface area contributed by atoms with Crippen LogP contribution in [0.2, 0.25) is 0 Å². The first-order valence-electron chi connectivity index (χ1n) is 5.95. The van der Waals surface area contributed by atoms with Gasteiger partial charge in [0.05, 0.1) is 5.56 Å². The number of furan rings is 1. The molecule has 5 nitrogen and oxygen atoms in total. The fraction of sp³-hybridized carbons (Fsp3) is 0.583. The Labute approximate surface area is 100 Å². The molecule has 0 bridgehead atoms. The van der Waals surface area contributed by atoms with Gasteiger partial charge in [-0.25, -0.2) is 5.84 Å². The number of amides is 1. The van der Waals surface area contributed by atoms with E-state index in [-0.39, 0.29) is 5.91 Å². The lowest BCUT2D eigenvalue weighted by Gasteiger charge is -2.24. The Kier molecular flexibility index (Phi) is 4.17. The van der Waals surface area contributed by atoms with E-state index in [0.717, 1.165) is 18.9 Å². The molecule has 1 fully saturated rings. The zero-order valence-corrected chi connectivity index (χ0v) is 9.78. The molecule has 2 rings (SSSR count). The Morgan fingerprint density at radius 1 is 1.59 bits per heavy atom. The molecule has 0 spiro atoms. The van der Waals surface area contributed by atoms with Crippen molar-refractivity contribution in [3.63, 3.8) is 0 Å².